The number of sulfonamides is 1. The number of sulfone groups is 1. The molecule has 2 aromatic carbocycles. The van der Waals surface area contributed by atoms with Gasteiger partial charge in [0.1, 0.15) is 29.2 Å². The van der Waals surface area contributed by atoms with Crippen LogP contribution in [0, 0.1) is 5.82 Å². The third-order valence-electron chi connectivity index (χ3n) is 7.69. The number of benzene rings is 2. The van der Waals surface area contributed by atoms with Crippen LogP contribution < -0.4 is 10.1 Å². The molecule has 11 nitrogen and oxygen atoms in total. The lowest BCUT2D eigenvalue weighted by molar-refractivity contribution is -0.0312. The van der Waals surface area contributed by atoms with Crippen molar-refractivity contribution in [3.63, 3.8) is 0 Å². The van der Waals surface area contributed by atoms with E-state index in [0.29, 0.717) is 39.0 Å². The summed E-state index contributed by atoms with van der Waals surface area (Å²) in [5.41, 5.74) is 0.279. The highest BCUT2D eigenvalue weighted by Gasteiger charge is 2.44. The zero-order valence-corrected chi connectivity index (χ0v) is 24.5. The Balaban J connectivity index is 1.10. The van der Waals surface area contributed by atoms with Gasteiger partial charge < -0.3 is 25.0 Å². The summed E-state index contributed by atoms with van der Waals surface area (Å²) >= 11 is 0. The average Bonchev–Trinajstić information content (AvgIpc) is 3.36. The number of nitrogens with one attached hydrogen (secondary N) is 1. The Kier molecular flexibility index (Phi) is 9.13. The summed E-state index contributed by atoms with van der Waals surface area (Å²) in [6.07, 6.45) is 2.17. The molecule has 14 heteroatoms. The molecule has 228 valence electrons. The first-order chi connectivity index (χ1) is 20.0. The molecule has 1 unspecified atom stereocenters. The summed E-state index contributed by atoms with van der Waals surface area (Å²) in [6, 6.07) is 12.0. The SMILES string of the molecule is O=S(=O)(CCO)c1cc(F)cc(OCC(O)CN[C@H]2COC3(CCN(S(=O)(=O)c4cnc5ccccc5c4)CC3)C2)c1. The van der Waals surface area contributed by atoms with Crippen molar-refractivity contribution >= 4 is 30.8 Å². The molecule has 0 saturated carbocycles. The maximum absolute atomic E-state index is 13.9. The van der Waals surface area contributed by atoms with Gasteiger partial charge in [-0.15, -0.1) is 0 Å². The van der Waals surface area contributed by atoms with Crippen LogP contribution in [0.1, 0.15) is 19.3 Å². The van der Waals surface area contributed by atoms with Gasteiger partial charge in [-0.25, -0.2) is 21.2 Å². The number of aliphatic hydroxyl groups is 2. The number of ether oxygens (including phenoxy) is 2. The van der Waals surface area contributed by atoms with Crippen LogP contribution in [0.5, 0.6) is 5.75 Å². The van der Waals surface area contributed by atoms with Crippen molar-refractivity contribution in [3.8, 4) is 5.75 Å². The quantitative estimate of drug-likeness (QED) is 0.286. The van der Waals surface area contributed by atoms with Gasteiger partial charge in [0.05, 0.1) is 35.0 Å². The van der Waals surface area contributed by atoms with E-state index in [9.17, 15) is 26.3 Å². The summed E-state index contributed by atoms with van der Waals surface area (Å²) in [6.45, 7) is 0.413. The molecule has 0 bridgehead atoms. The molecule has 3 heterocycles. The molecule has 2 fully saturated rings. The fourth-order valence-corrected chi connectivity index (χ4v) is 7.88. The van der Waals surface area contributed by atoms with Crippen LogP contribution >= 0.6 is 0 Å². The number of aliphatic hydroxyl groups excluding tert-OH is 2. The molecule has 2 aliphatic heterocycles. The minimum absolute atomic E-state index is 0.0464. The number of nitrogens with zero attached hydrogens (tertiary/aromatic N) is 2. The van der Waals surface area contributed by atoms with E-state index in [-0.39, 0.29) is 34.7 Å². The maximum atomic E-state index is 13.9. The third kappa shape index (κ3) is 6.91. The summed E-state index contributed by atoms with van der Waals surface area (Å²) in [5, 5.41) is 23.4. The summed E-state index contributed by atoms with van der Waals surface area (Å²) in [7, 11) is -7.56. The monoisotopic (exact) mass is 623 g/mol. The predicted molar refractivity (Wildman–Crippen MR) is 152 cm³/mol. The highest BCUT2D eigenvalue weighted by molar-refractivity contribution is 7.91. The van der Waals surface area contributed by atoms with Crippen LogP contribution in [0.15, 0.2) is 64.5 Å². The topological polar surface area (TPSA) is 155 Å². The Labute approximate surface area is 244 Å². The van der Waals surface area contributed by atoms with Gasteiger partial charge in [0, 0.05) is 43.3 Å². The number of pyridine rings is 1. The van der Waals surface area contributed by atoms with Crippen molar-refractivity contribution in [1.29, 1.82) is 0 Å². The lowest BCUT2D eigenvalue weighted by atomic mass is 9.88. The molecule has 0 radical (unpaired) electrons. The fraction of sp³-hybridized carbons (Fsp3) is 0.464. The van der Waals surface area contributed by atoms with Crippen molar-refractivity contribution in [2.45, 2.75) is 46.8 Å². The second-order valence-electron chi connectivity index (χ2n) is 10.7. The van der Waals surface area contributed by atoms with Crippen molar-refractivity contribution < 1.29 is 40.9 Å². The van der Waals surface area contributed by atoms with E-state index in [1.807, 2.05) is 24.3 Å². The van der Waals surface area contributed by atoms with E-state index in [4.69, 9.17) is 14.6 Å². The molecule has 3 N–H and O–H groups in total. The van der Waals surface area contributed by atoms with E-state index in [2.05, 4.69) is 10.3 Å². The molecular weight excluding hydrogens is 589 g/mol. The van der Waals surface area contributed by atoms with Crippen LogP contribution in [0.3, 0.4) is 0 Å². The van der Waals surface area contributed by atoms with Gasteiger partial charge in [-0.2, -0.15) is 4.31 Å². The highest BCUT2D eigenvalue weighted by atomic mass is 32.2. The third-order valence-corrected chi connectivity index (χ3v) is 11.2. The van der Waals surface area contributed by atoms with Gasteiger partial charge >= 0.3 is 0 Å². The fourth-order valence-electron chi connectivity index (χ4n) is 5.39. The molecule has 1 aromatic heterocycles. The molecule has 1 spiro atoms. The van der Waals surface area contributed by atoms with E-state index in [0.717, 1.165) is 29.1 Å². The first kappa shape index (κ1) is 30.7. The number of halogens is 1. The maximum Gasteiger partial charge on any atom is 0.244 e. The van der Waals surface area contributed by atoms with E-state index in [1.165, 1.54) is 10.5 Å². The Morgan fingerprint density at radius 1 is 1.12 bits per heavy atom. The van der Waals surface area contributed by atoms with E-state index < -0.39 is 49.7 Å². The number of fused-ring (bicyclic) bond motifs is 1. The smallest absolute Gasteiger partial charge is 0.244 e. The predicted octanol–water partition coefficient (Wildman–Crippen LogP) is 1.48. The van der Waals surface area contributed by atoms with Gasteiger partial charge in [-0.3, -0.25) is 4.98 Å². The standard InChI is InChI=1S/C28H34FN3O8S2/c29-21-12-24(14-25(13-21)41(35,36)10-9-33)39-19-23(34)16-30-22-15-28(40-18-22)5-7-32(8-6-28)42(37,38)26-11-20-3-1-2-4-27(20)31-17-26/h1-4,11-14,17,22-23,30,33-34H,5-10,15-16,18-19H2/t22-,23?/m1/s1. The minimum atomic E-state index is -3.86. The Morgan fingerprint density at radius 3 is 2.64 bits per heavy atom. The van der Waals surface area contributed by atoms with Crippen LogP contribution in [-0.4, -0.2) is 99.3 Å². The zero-order valence-electron chi connectivity index (χ0n) is 22.9. The molecule has 0 amide bonds. The molecule has 2 saturated heterocycles. The molecule has 2 atom stereocenters. The molecule has 0 aliphatic carbocycles. The summed E-state index contributed by atoms with van der Waals surface area (Å²) < 4.78 is 77.8. The number of hydrogen-bond acceptors (Lipinski definition) is 10. The first-order valence-corrected chi connectivity index (χ1v) is 16.8. The summed E-state index contributed by atoms with van der Waals surface area (Å²) in [5.74, 6) is -1.39. The number of hydrogen-bond donors (Lipinski definition) is 3. The number of rotatable bonds is 11. The Bertz CT molecular complexity index is 1630. The first-order valence-electron chi connectivity index (χ1n) is 13.7. The van der Waals surface area contributed by atoms with Crippen molar-refractivity contribution in [1.82, 2.24) is 14.6 Å². The van der Waals surface area contributed by atoms with E-state index in [1.54, 1.807) is 6.07 Å². The lowest BCUT2D eigenvalue weighted by Crippen LogP contribution is -2.47. The molecule has 2 aliphatic rings. The van der Waals surface area contributed by atoms with Gasteiger partial charge in [0.2, 0.25) is 10.0 Å². The molecule has 3 aromatic rings. The Hall–Kier alpha value is -2.72. The zero-order chi connectivity index (χ0) is 30.0. The highest BCUT2D eigenvalue weighted by Crippen LogP contribution is 2.37. The second kappa shape index (κ2) is 12.5. The number of piperidine rings is 1. The number of aromatic nitrogens is 1. The lowest BCUT2D eigenvalue weighted by Gasteiger charge is -2.38. The molecular formula is C28H34FN3O8S2. The van der Waals surface area contributed by atoms with Crippen LogP contribution in [0.2, 0.25) is 0 Å². The minimum Gasteiger partial charge on any atom is -0.491 e. The van der Waals surface area contributed by atoms with Crippen LogP contribution in [0.4, 0.5) is 4.39 Å². The largest absolute Gasteiger partial charge is 0.491 e. The van der Waals surface area contributed by atoms with Crippen LogP contribution in [0.25, 0.3) is 10.9 Å². The average molecular weight is 624 g/mol. The number of para-hydroxylation sites is 1. The van der Waals surface area contributed by atoms with Crippen molar-refractivity contribution in [2.24, 2.45) is 0 Å². The van der Waals surface area contributed by atoms with Gasteiger partial charge in [-0.1, -0.05) is 18.2 Å². The Morgan fingerprint density at radius 2 is 1.88 bits per heavy atom. The van der Waals surface area contributed by atoms with Gasteiger partial charge in [0.15, 0.2) is 9.84 Å². The van der Waals surface area contributed by atoms with Crippen molar-refractivity contribution in [2.75, 3.05) is 45.2 Å². The second-order valence-corrected chi connectivity index (χ2v) is 14.7. The molecule has 5 rings (SSSR count). The molecule has 42 heavy (non-hydrogen) atoms. The summed E-state index contributed by atoms with van der Waals surface area (Å²) in [4.78, 5) is 4.16. The van der Waals surface area contributed by atoms with E-state index >= 15 is 0 Å². The van der Waals surface area contributed by atoms with Crippen molar-refractivity contribution in [3.05, 3.63) is 60.5 Å². The van der Waals surface area contributed by atoms with Crippen LogP contribution in [-0.2, 0) is 24.6 Å². The van der Waals surface area contributed by atoms with Gasteiger partial charge in [0.25, 0.3) is 0 Å². The van der Waals surface area contributed by atoms with Gasteiger partial charge in [-0.05, 0) is 43.5 Å². The normalized spacial score (nSPS) is 20.2.